The predicted octanol–water partition coefficient (Wildman–Crippen LogP) is 4.63. The first kappa shape index (κ1) is 18.9. The Morgan fingerprint density at radius 2 is 1.75 bits per heavy atom. The van der Waals surface area contributed by atoms with Crippen molar-refractivity contribution < 1.29 is 13.8 Å². The van der Waals surface area contributed by atoms with E-state index in [4.69, 9.17) is 4.74 Å². The minimum atomic E-state index is -3.13. The zero-order chi connectivity index (χ0) is 16.3. The Hall–Kier alpha value is -1.44. The Bertz CT molecular complexity index is 657. The van der Waals surface area contributed by atoms with E-state index in [9.17, 15) is 9.11 Å². The molecule has 132 valence electrons. The summed E-state index contributed by atoms with van der Waals surface area (Å²) < 4.78 is 29.4. The van der Waals surface area contributed by atoms with Crippen LogP contribution in [0.4, 0.5) is 11.4 Å². The third-order valence-electron chi connectivity index (χ3n) is 3.82. The fourth-order valence-corrected chi connectivity index (χ4v) is 4.54. The van der Waals surface area contributed by atoms with E-state index in [0.29, 0.717) is 17.9 Å². The highest BCUT2D eigenvalue weighted by atomic mass is 35.5. The van der Waals surface area contributed by atoms with Gasteiger partial charge in [-0.15, -0.1) is 12.4 Å². The molecule has 1 heterocycles. The molecule has 0 saturated heterocycles. The number of benzene rings is 2. The summed E-state index contributed by atoms with van der Waals surface area (Å²) in [6.07, 6.45) is 1.38. The molecule has 5 nitrogen and oxygen atoms in total. The second-order valence-electron chi connectivity index (χ2n) is 5.45. The van der Waals surface area contributed by atoms with Crippen molar-refractivity contribution in [1.29, 1.82) is 0 Å². The molecule has 0 bridgehead atoms. The SMILES string of the molecule is CNCCC[C@H]1Oc2ccccc2N(c2ccccc2)S1(O)O.Cl. The molecular formula is C17H23ClN2O3S. The molecule has 1 atom stereocenters. The number of rotatable bonds is 5. The van der Waals surface area contributed by atoms with Crippen molar-refractivity contribution >= 4 is 34.6 Å². The minimum Gasteiger partial charge on any atom is -0.467 e. The van der Waals surface area contributed by atoms with Crippen molar-refractivity contribution in [3.05, 3.63) is 54.6 Å². The van der Waals surface area contributed by atoms with Crippen LogP contribution in [-0.4, -0.2) is 28.1 Å². The molecule has 0 aliphatic carbocycles. The van der Waals surface area contributed by atoms with Crippen molar-refractivity contribution in [1.82, 2.24) is 5.32 Å². The summed E-state index contributed by atoms with van der Waals surface area (Å²) in [6, 6.07) is 16.9. The lowest BCUT2D eigenvalue weighted by Gasteiger charge is -2.51. The topological polar surface area (TPSA) is 65.0 Å². The molecule has 2 aromatic carbocycles. The van der Waals surface area contributed by atoms with E-state index in [1.54, 1.807) is 4.31 Å². The van der Waals surface area contributed by atoms with Crippen molar-refractivity contribution in [2.24, 2.45) is 0 Å². The smallest absolute Gasteiger partial charge is 0.206 e. The molecule has 0 fully saturated rings. The number of para-hydroxylation sites is 3. The van der Waals surface area contributed by atoms with Crippen LogP contribution in [0.1, 0.15) is 12.8 Å². The lowest BCUT2D eigenvalue weighted by Crippen LogP contribution is -2.39. The van der Waals surface area contributed by atoms with Gasteiger partial charge in [0.05, 0.1) is 5.69 Å². The first-order valence-corrected chi connectivity index (χ1v) is 9.24. The molecule has 0 spiro atoms. The Labute approximate surface area is 150 Å². The van der Waals surface area contributed by atoms with Crippen LogP contribution in [-0.2, 0) is 0 Å². The summed E-state index contributed by atoms with van der Waals surface area (Å²) >= 11 is 0. The Morgan fingerprint density at radius 1 is 1.08 bits per heavy atom. The maximum atomic E-state index is 10.9. The van der Waals surface area contributed by atoms with Gasteiger partial charge in [0.1, 0.15) is 11.4 Å². The predicted molar refractivity (Wildman–Crippen MR) is 103 cm³/mol. The molecule has 3 rings (SSSR count). The lowest BCUT2D eigenvalue weighted by molar-refractivity contribution is 0.235. The average molecular weight is 371 g/mol. The van der Waals surface area contributed by atoms with Crippen LogP contribution >= 0.6 is 23.2 Å². The van der Waals surface area contributed by atoms with E-state index in [2.05, 4.69) is 5.32 Å². The summed E-state index contributed by atoms with van der Waals surface area (Å²) in [4.78, 5) is 0. The van der Waals surface area contributed by atoms with Crippen molar-refractivity contribution in [3.8, 4) is 5.75 Å². The molecular weight excluding hydrogens is 348 g/mol. The van der Waals surface area contributed by atoms with Crippen LogP contribution in [0.25, 0.3) is 0 Å². The normalized spacial score (nSPS) is 19.6. The van der Waals surface area contributed by atoms with Crippen LogP contribution in [0.5, 0.6) is 5.75 Å². The third-order valence-corrected chi connectivity index (χ3v) is 5.80. The van der Waals surface area contributed by atoms with Gasteiger partial charge in [-0.3, -0.25) is 9.11 Å². The molecule has 2 aromatic rings. The van der Waals surface area contributed by atoms with Crippen LogP contribution in [0.15, 0.2) is 54.6 Å². The van der Waals surface area contributed by atoms with E-state index in [1.807, 2.05) is 61.6 Å². The molecule has 1 aliphatic rings. The molecule has 1 aliphatic heterocycles. The number of halogens is 1. The van der Waals surface area contributed by atoms with Crippen molar-refractivity contribution in [2.75, 3.05) is 17.9 Å². The molecule has 0 aromatic heterocycles. The van der Waals surface area contributed by atoms with Crippen molar-refractivity contribution in [3.63, 3.8) is 0 Å². The van der Waals surface area contributed by atoms with E-state index in [1.165, 1.54) is 0 Å². The molecule has 24 heavy (non-hydrogen) atoms. The highest BCUT2D eigenvalue weighted by molar-refractivity contribution is 8.26. The summed E-state index contributed by atoms with van der Waals surface area (Å²) in [5.74, 6) is 0.678. The standard InChI is InChI=1S/C17H22N2O3S.ClH/c1-18-13-7-12-17-22-16-11-6-5-10-15(16)19(23(17,20)21)14-8-3-2-4-9-14;/h2-6,8-11,17-18,20-21H,7,12-13H2,1H3;1H/t17-;/m0./s1. The first-order chi connectivity index (χ1) is 11.1. The Kier molecular flexibility index (Phi) is 6.37. The van der Waals surface area contributed by atoms with Gasteiger partial charge in [-0.2, -0.15) is 0 Å². The van der Waals surface area contributed by atoms with Gasteiger partial charge in [-0.25, -0.2) is 4.31 Å². The van der Waals surface area contributed by atoms with E-state index in [-0.39, 0.29) is 12.4 Å². The number of ether oxygens (including phenoxy) is 1. The van der Waals surface area contributed by atoms with E-state index >= 15 is 0 Å². The van der Waals surface area contributed by atoms with E-state index in [0.717, 1.165) is 18.7 Å². The van der Waals surface area contributed by atoms with Crippen LogP contribution in [0, 0.1) is 0 Å². The monoisotopic (exact) mass is 370 g/mol. The summed E-state index contributed by atoms with van der Waals surface area (Å²) in [5, 5.41) is 3.07. The molecule has 0 saturated carbocycles. The number of nitrogens with one attached hydrogen (secondary N) is 1. The maximum absolute atomic E-state index is 10.9. The van der Waals surface area contributed by atoms with Gasteiger partial charge in [0.2, 0.25) is 5.44 Å². The quantitative estimate of drug-likeness (QED) is 0.669. The fourth-order valence-electron chi connectivity index (χ4n) is 2.71. The zero-order valence-corrected chi connectivity index (χ0v) is 15.1. The second kappa shape index (κ2) is 8.09. The number of anilines is 2. The van der Waals surface area contributed by atoms with Gasteiger partial charge in [-0.05, 0) is 44.3 Å². The zero-order valence-electron chi connectivity index (χ0n) is 13.5. The number of hydrogen-bond donors (Lipinski definition) is 3. The van der Waals surface area contributed by atoms with Gasteiger partial charge in [0.25, 0.3) is 0 Å². The van der Waals surface area contributed by atoms with Gasteiger partial charge < -0.3 is 10.1 Å². The highest BCUT2D eigenvalue weighted by Gasteiger charge is 2.40. The molecule has 0 radical (unpaired) electrons. The Morgan fingerprint density at radius 3 is 2.46 bits per heavy atom. The Balaban J connectivity index is 0.00000208. The number of fused-ring (bicyclic) bond motifs is 1. The van der Waals surface area contributed by atoms with Crippen LogP contribution < -0.4 is 14.4 Å². The van der Waals surface area contributed by atoms with Crippen molar-refractivity contribution in [2.45, 2.75) is 18.3 Å². The van der Waals surface area contributed by atoms with Gasteiger partial charge >= 0.3 is 0 Å². The average Bonchev–Trinajstić information content (AvgIpc) is 2.56. The lowest BCUT2D eigenvalue weighted by atomic mass is 10.2. The van der Waals surface area contributed by atoms with Gasteiger partial charge in [0.15, 0.2) is 0 Å². The third kappa shape index (κ3) is 3.63. The first-order valence-electron chi connectivity index (χ1n) is 7.67. The van der Waals surface area contributed by atoms with Crippen LogP contribution in [0.2, 0.25) is 0 Å². The molecule has 3 N–H and O–H groups in total. The highest BCUT2D eigenvalue weighted by Crippen LogP contribution is 2.61. The maximum Gasteiger partial charge on any atom is 0.206 e. The molecule has 7 heteroatoms. The summed E-state index contributed by atoms with van der Waals surface area (Å²) in [5.41, 5.74) is 0.788. The van der Waals surface area contributed by atoms with Crippen LogP contribution in [0.3, 0.4) is 0 Å². The van der Waals surface area contributed by atoms with Gasteiger partial charge in [0, 0.05) is 6.42 Å². The fraction of sp³-hybridized carbons (Fsp3) is 0.294. The summed E-state index contributed by atoms with van der Waals surface area (Å²) in [7, 11) is -1.25. The molecule has 0 amide bonds. The largest absolute Gasteiger partial charge is 0.467 e. The van der Waals surface area contributed by atoms with E-state index < -0.39 is 16.2 Å². The number of nitrogens with zero attached hydrogens (tertiary/aromatic N) is 1. The van der Waals surface area contributed by atoms with Gasteiger partial charge in [-0.1, -0.05) is 41.1 Å². The second-order valence-corrected chi connectivity index (χ2v) is 7.47. The molecule has 0 unspecified atom stereocenters. The number of hydrogen-bond acceptors (Lipinski definition) is 5. The summed E-state index contributed by atoms with van der Waals surface area (Å²) in [6.45, 7) is 0.808. The minimum absolute atomic E-state index is 0.